The van der Waals surface area contributed by atoms with E-state index in [1.54, 1.807) is 6.92 Å². The van der Waals surface area contributed by atoms with E-state index in [9.17, 15) is 4.79 Å². The molecule has 0 aliphatic carbocycles. The molecule has 13 heavy (non-hydrogen) atoms. The lowest BCUT2D eigenvalue weighted by Crippen LogP contribution is -1.92. The van der Waals surface area contributed by atoms with Gasteiger partial charge in [0.2, 0.25) is 0 Å². The van der Waals surface area contributed by atoms with Gasteiger partial charge in [-0.1, -0.05) is 34.1 Å². The lowest BCUT2D eigenvalue weighted by Gasteiger charge is -2.02. The van der Waals surface area contributed by atoms with Crippen molar-refractivity contribution in [2.75, 3.05) is 0 Å². The fourth-order valence-corrected chi connectivity index (χ4v) is 1.71. The van der Waals surface area contributed by atoms with Crippen molar-refractivity contribution >= 4 is 21.7 Å². The summed E-state index contributed by atoms with van der Waals surface area (Å²) in [4.78, 5) is 10.7. The quantitative estimate of drug-likeness (QED) is 0.789. The first-order chi connectivity index (χ1) is 6.20. The summed E-state index contributed by atoms with van der Waals surface area (Å²) in [5, 5.41) is 0. The Morgan fingerprint density at radius 1 is 1.38 bits per heavy atom. The van der Waals surface area contributed by atoms with Crippen LogP contribution in [0, 0.1) is 0 Å². The number of carbonyl (C=O) groups is 1. The number of rotatable bonds is 4. The van der Waals surface area contributed by atoms with Crippen molar-refractivity contribution in [2.24, 2.45) is 0 Å². The van der Waals surface area contributed by atoms with Gasteiger partial charge in [-0.15, -0.1) is 0 Å². The van der Waals surface area contributed by atoms with Crippen LogP contribution in [0.2, 0.25) is 0 Å². The number of carbonyl (C=O) groups excluding carboxylic acids is 1. The normalized spacial score (nSPS) is 10.0. The van der Waals surface area contributed by atoms with Crippen LogP contribution in [0.15, 0.2) is 28.7 Å². The number of Topliss-reactive ketones (excluding diaryl/α,β-unsaturated/α-hetero) is 1. The molecule has 0 bridgehead atoms. The minimum atomic E-state index is 0.270. The van der Waals surface area contributed by atoms with Crippen LogP contribution in [0.4, 0.5) is 0 Å². The first-order valence-corrected chi connectivity index (χ1v) is 5.22. The van der Waals surface area contributed by atoms with Gasteiger partial charge < -0.3 is 4.79 Å². The molecule has 1 aromatic carbocycles. The van der Waals surface area contributed by atoms with Crippen LogP contribution in [-0.4, -0.2) is 5.78 Å². The Morgan fingerprint density at radius 2 is 2.08 bits per heavy atom. The van der Waals surface area contributed by atoms with Gasteiger partial charge in [-0.25, -0.2) is 0 Å². The molecule has 0 aliphatic heterocycles. The standard InChI is InChI=1S/C11H13BrO/c1-9(13)5-4-7-10-6-2-3-8-11(10)12/h2-3,6,8H,4-5,7H2,1H3. The highest BCUT2D eigenvalue weighted by molar-refractivity contribution is 9.10. The van der Waals surface area contributed by atoms with Crippen molar-refractivity contribution in [3.05, 3.63) is 34.3 Å². The van der Waals surface area contributed by atoms with Gasteiger partial charge in [-0.3, -0.25) is 0 Å². The van der Waals surface area contributed by atoms with Gasteiger partial charge in [0.15, 0.2) is 0 Å². The Balaban J connectivity index is 2.45. The largest absolute Gasteiger partial charge is 0.300 e. The van der Waals surface area contributed by atoms with E-state index in [2.05, 4.69) is 22.0 Å². The van der Waals surface area contributed by atoms with Gasteiger partial charge in [0.25, 0.3) is 0 Å². The minimum Gasteiger partial charge on any atom is -0.300 e. The highest BCUT2D eigenvalue weighted by Gasteiger charge is 1.99. The summed E-state index contributed by atoms with van der Waals surface area (Å²) < 4.78 is 1.14. The van der Waals surface area contributed by atoms with Crippen LogP contribution in [0.25, 0.3) is 0 Å². The molecule has 0 fully saturated rings. The molecule has 0 amide bonds. The number of hydrogen-bond donors (Lipinski definition) is 0. The van der Waals surface area contributed by atoms with Crippen LogP contribution in [0.5, 0.6) is 0 Å². The van der Waals surface area contributed by atoms with Gasteiger partial charge in [-0.2, -0.15) is 0 Å². The van der Waals surface area contributed by atoms with Crippen LogP contribution in [0.1, 0.15) is 25.3 Å². The summed E-state index contributed by atoms with van der Waals surface area (Å²) in [7, 11) is 0. The van der Waals surface area contributed by atoms with Crippen molar-refractivity contribution in [1.29, 1.82) is 0 Å². The van der Waals surface area contributed by atoms with Crippen LogP contribution in [-0.2, 0) is 11.2 Å². The zero-order valence-electron chi connectivity index (χ0n) is 7.72. The first kappa shape index (κ1) is 10.5. The van der Waals surface area contributed by atoms with Crippen molar-refractivity contribution in [1.82, 2.24) is 0 Å². The van der Waals surface area contributed by atoms with E-state index < -0.39 is 0 Å². The fourth-order valence-electron chi connectivity index (χ4n) is 1.23. The van der Waals surface area contributed by atoms with Crippen molar-refractivity contribution in [3.8, 4) is 0 Å². The number of halogens is 1. The Morgan fingerprint density at radius 3 is 2.69 bits per heavy atom. The van der Waals surface area contributed by atoms with E-state index in [1.807, 2.05) is 18.2 Å². The molecule has 1 nitrogen and oxygen atoms in total. The smallest absolute Gasteiger partial charge is 0.129 e. The topological polar surface area (TPSA) is 17.1 Å². The molecule has 2 heteroatoms. The Hall–Kier alpha value is -0.630. The summed E-state index contributed by atoms with van der Waals surface area (Å²) in [6.07, 6.45) is 2.60. The van der Waals surface area contributed by atoms with Gasteiger partial charge in [-0.05, 0) is 31.4 Å². The van der Waals surface area contributed by atoms with E-state index in [-0.39, 0.29) is 5.78 Å². The third-order valence-corrected chi connectivity index (χ3v) is 2.71. The molecule has 0 aromatic heterocycles. The van der Waals surface area contributed by atoms with E-state index in [0.29, 0.717) is 6.42 Å². The molecule has 0 radical (unpaired) electrons. The van der Waals surface area contributed by atoms with Gasteiger partial charge in [0.1, 0.15) is 5.78 Å². The Kier molecular flexibility index (Phi) is 4.16. The average Bonchev–Trinajstić information content (AvgIpc) is 2.08. The lowest BCUT2D eigenvalue weighted by atomic mass is 10.1. The molecule has 70 valence electrons. The number of aryl methyl sites for hydroxylation is 1. The highest BCUT2D eigenvalue weighted by Crippen LogP contribution is 2.17. The molecule has 0 N–H and O–H groups in total. The first-order valence-electron chi connectivity index (χ1n) is 4.43. The molecule has 0 atom stereocenters. The number of hydrogen-bond acceptors (Lipinski definition) is 1. The van der Waals surface area contributed by atoms with Crippen molar-refractivity contribution < 1.29 is 4.79 Å². The summed E-state index contributed by atoms with van der Waals surface area (Å²) in [6, 6.07) is 8.14. The van der Waals surface area contributed by atoms with Gasteiger partial charge in [0.05, 0.1) is 0 Å². The van der Waals surface area contributed by atoms with Crippen LogP contribution in [0.3, 0.4) is 0 Å². The molecule has 0 spiro atoms. The molecule has 0 heterocycles. The molecular formula is C11H13BrO. The highest BCUT2D eigenvalue weighted by atomic mass is 79.9. The SMILES string of the molecule is CC(=O)CCCc1ccccc1Br. The molecule has 1 rings (SSSR count). The van der Waals surface area contributed by atoms with E-state index in [0.717, 1.165) is 17.3 Å². The zero-order valence-corrected chi connectivity index (χ0v) is 9.30. The zero-order chi connectivity index (χ0) is 9.68. The average molecular weight is 241 g/mol. The molecule has 0 saturated heterocycles. The maximum Gasteiger partial charge on any atom is 0.129 e. The second kappa shape index (κ2) is 5.18. The molecule has 0 unspecified atom stereocenters. The third-order valence-electron chi connectivity index (χ3n) is 1.93. The van der Waals surface area contributed by atoms with Crippen LogP contribution >= 0.6 is 15.9 Å². The monoisotopic (exact) mass is 240 g/mol. The third kappa shape index (κ3) is 3.73. The molecular weight excluding hydrogens is 228 g/mol. The summed E-state index contributed by atoms with van der Waals surface area (Å²) in [5.41, 5.74) is 1.28. The fraction of sp³-hybridized carbons (Fsp3) is 0.364. The second-order valence-electron chi connectivity index (χ2n) is 3.15. The number of benzene rings is 1. The lowest BCUT2D eigenvalue weighted by molar-refractivity contribution is -0.117. The minimum absolute atomic E-state index is 0.270. The molecule has 1 aromatic rings. The van der Waals surface area contributed by atoms with E-state index >= 15 is 0 Å². The summed E-state index contributed by atoms with van der Waals surface area (Å²) in [5.74, 6) is 0.270. The summed E-state index contributed by atoms with van der Waals surface area (Å²) >= 11 is 3.48. The Labute approximate surface area is 87.3 Å². The maximum atomic E-state index is 10.7. The van der Waals surface area contributed by atoms with Crippen LogP contribution < -0.4 is 0 Å². The Bertz CT molecular complexity index is 294. The van der Waals surface area contributed by atoms with Gasteiger partial charge >= 0.3 is 0 Å². The maximum absolute atomic E-state index is 10.7. The predicted molar refractivity (Wildman–Crippen MR) is 57.8 cm³/mol. The molecule has 0 saturated carbocycles. The van der Waals surface area contributed by atoms with Crippen molar-refractivity contribution in [3.63, 3.8) is 0 Å². The number of ketones is 1. The van der Waals surface area contributed by atoms with E-state index in [1.165, 1.54) is 5.56 Å². The predicted octanol–water partition coefficient (Wildman–Crippen LogP) is 3.36. The molecule has 0 aliphatic rings. The van der Waals surface area contributed by atoms with E-state index in [4.69, 9.17) is 0 Å². The van der Waals surface area contributed by atoms with Gasteiger partial charge in [0, 0.05) is 10.9 Å². The van der Waals surface area contributed by atoms with Crippen molar-refractivity contribution in [2.45, 2.75) is 26.2 Å². The summed E-state index contributed by atoms with van der Waals surface area (Å²) in [6.45, 7) is 1.64. The second-order valence-corrected chi connectivity index (χ2v) is 4.00.